The van der Waals surface area contributed by atoms with E-state index in [2.05, 4.69) is 9.97 Å². The summed E-state index contributed by atoms with van der Waals surface area (Å²) in [5.41, 5.74) is 6.28. The normalized spacial score (nSPS) is 10.1. The van der Waals surface area contributed by atoms with Gasteiger partial charge in [-0.2, -0.15) is 4.98 Å². The zero-order chi connectivity index (χ0) is 9.84. The van der Waals surface area contributed by atoms with Crippen LogP contribution in [-0.4, -0.2) is 23.1 Å². The Bertz CT molecular complexity index is 285. The van der Waals surface area contributed by atoms with Crippen LogP contribution in [0.25, 0.3) is 0 Å². The number of hydrogen-bond donors (Lipinski definition) is 1. The zero-order valence-electron chi connectivity index (χ0n) is 7.79. The molecule has 0 atom stereocenters. The fourth-order valence-corrected chi connectivity index (χ4v) is 1.27. The lowest BCUT2D eigenvalue weighted by Crippen LogP contribution is -2.24. The van der Waals surface area contributed by atoms with Gasteiger partial charge < -0.3 is 10.6 Å². The number of anilines is 2. The van der Waals surface area contributed by atoms with E-state index < -0.39 is 0 Å². The molecule has 1 aromatic heterocycles. The number of aromatic nitrogens is 2. The minimum Gasteiger partial charge on any atom is -0.394 e. The highest BCUT2D eigenvalue weighted by atomic mass is 35.5. The van der Waals surface area contributed by atoms with Gasteiger partial charge in [-0.25, -0.2) is 4.98 Å². The third kappa shape index (κ3) is 2.21. The summed E-state index contributed by atoms with van der Waals surface area (Å²) in [6.45, 7) is 5.79. The van der Waals surface area contributed by atoms with Gasteiger partial charge in [0.1, 0.15) is 0 Å². The van der Waals surface area contributed by atoms with Crippen molar-refractivity contribution in [1.29, 1.82) is 0 Å². The van der Waals surface area contributed by atoms with Crippen LogP contribution in [0.5, 0.6) is 0 Å². The highest BCUT2D eigenvalue weighted by molar-refractivity contribution is 6.28. The lowest BCUT2D eigenvalue weighted by Gasteiger charge is -2.20. The molecule has 72 valence electrons. The molecule has 0 saturated heterocycles. The fraction of sp³-hybridized carbons (Fsp3) is 0.500. The van der Waals surface area contributed by atoms with Crippen molar-refractivity contribution in [3.8, 4) is 0 Å². The van der Waals surface area contributed by atoms with E-state index in [-0.39, 0.29) is 5.28 Å². The first-order valence-corrected chi connectivity index (χ1v) is 4.59. The minimum atomic E-state index is 0.233. The van der Waals surface area contributed by atoms with Gasteiger partial charge in [0.15, 0.2) is 5.82 Å². The first-order chi connectivity index (χ1) is 6.19. The fourth-order valence-electron chi connectivity index (χ4n) is 1.14. The molecule has 1 aromatic rings. The van der Waals surface area contributed by atoms with Crippen molar-refractivity contribution in [3.05, 3.63) is 11.5 Å². The Labute approximate surface area is 82.7 Å². The predicted octanol–water partition coefficient (Wildman–Crippen LogP) is 1.56. The van der Waals surface area contributed by atoms with Crippen molar-refractivity contribution in [2.75, 3.05) is 23.7 Å². The Morgan fingerprint density at radius 2 is 2.08 bits per heavy atom. The van der Waals surface area contributed by atoms with Gasteiger partial charge >= 0.3 is 0 Å². The highest BCUT2D eigenvalue weighted by Crippen LogP contribution is 2.20. The number of nitrogens with zero attached hydrogens (tertiary/aromatic N) is 3. The number of halogens is 1. The molecule has 5 heteroatoms. The topological polar surface area (TPSA) is 55.0 Å². The Kier molecular flexibility index (Phi) is 3.31. The van der Waals surface area contributed by atoms with Gasteiger partial charge in [-0.15, -0.1) is 0 Å². The van der Waals surface area contributed by atoms with Crippen LogP contribution >= 0.6 is 11.6 Å². The maximum Gasteiger partial charge on any atom is 0.224 e. The van der Waals surface area contributed by atoms with Crippen molar-refractivity contribution in [2.24, 2.45) is 0 Å². The average molecular weight is 201 g/mol. The van der Waals surface area contributed by atoms with Gasteiger partial charge in [0.25, 0.3) is 0 Å². The van der Waals surface area contributed by atoms with Crippen LogP contribution in [0.4, 0.5) is 11.5 Å². The number of rotatable bonds is 3. The van der Waals surface area contributed by atoms with Gasteiger partial charge in [-0.1, -0.05) is 0 Å². The molecule has 0 spiro atoms. The van der Waals surface area contributed by atoms with Gasteiger partial charge in [0.2, 0.25) is 5.28 Å². The van der Waals surface area contributed by atoms with E-state index >= 15 is 0 Å². The SMILES string of the molecule is CCN(CC)c1nc(Cl)ncc1N. The molecule has 0 saturated carbocycles. The Hall–Kier alpha value is -1.03. The van der Waals surface area contributed by atoms with E-state index in [9.17, 15) is 0 Å². The molecule has 0 aliphatic carbocycles. The van der Waals surface area contributed by atoms with Crippen LogP contribution in [0.15, 0.2) is 6.20 Å². The molecule has 1 rings (SSSR count). The molecule has 2 N–H and O–H groups in total. The maximum absolute atomic E-state index is 5.72. The second-order valence-electron chi connectivity index (χ2n) is 2.59. The summed E-state index contributed by atoms with van der Waals surface area (Å²) in [6, 6.07) is 0. The van der Waals surface area contributed by atoms with E-state index in [1.54, 1.807) is 0 Å². The van der Waals surface area contributed by atoms with Crippen molar-refractivity contribution in [3.63, 3.8) is 0 Å². The van der Waals surface area contributed by atoms with E-state index in [0.29, 0.717) is 11.5 Å². The van der Waals surface area contributed by atoms with E-state index in [1.165, 1.54) is 6.20 Å². The smallest absolute Gasteiger partial charge is 0.224 e. The zero-order valence-corrected chi connectivity index (χ0v) is 8.54. The van der Waals surface area contributed by atoms with Crippen LogP contribution in [0.2, 0.25) is 5.28 Å². The molecule has 0 amide bonds. The van der Waals surface area contributed by atoms with Gasteiger partial charge in [-0.05, 0) is 25.4 Å². The quantitative estimate of drug-likeness (QED) is 0.753. The summed E-state index contributed by atoms with van der Waals surface area (Å²) in [6.07, 6.45) is 1.53. The van der Waals surface area contributed by atoms with Crippen molar-refractivity contribution in [1.82, 2.24) is 9.97 Å². The van der Waals surface area contributed by atoms with Crippen LogP contribution in [0, 0.1) is 0 Å². The van der Waals surface area contributed by atoms with E-state index in [4.69, 9.17) is 17.3 Å². The molecule has 4 nitrogen and oxygen atoms in total. The Balaban J connectivity index is 3.03. The maximum atomic E-state index is 5.72. The third-order valence-electron chi connectivity index (χ3n) is 1.83. The summed E-state index contributed by atoms with van der Waals surface area (Å²) in [7, 11) is 0. The molecule has 0 radical (unpaired) electrons. The summed E-state index contributed by atoms with van der Waals surface area (Å²) in [4.78, 5) is 9.89. The van der Waals surface area contributed by atoms with Crippen molar-refractivity contribution in [2.45, 2.75) is 13.8 Å². The largest absolute Gasteiger partial charge is 0.394 e. The first kappa shape index (κ1) is 10.1. The number of hydrogen-bond acceptors (Lipinski definition) is 4. The second kappa shape index (κ2) is 4.28. The monoisotopic (exact) mass is 200 g/mol. The van der Waals surface area contributed by atoms with Gasteiger partial charge in [0, 0.05) is 13.1 Å². The molecule has 0 bridgehead atoms. The molecule has 1 heterocycles. The molecular weight excluding hydrogens is 188 g/mol. The molecule has 0 aliphatic heterocycles. The van der Waals surface area contributed by atoms with Crippen molar-refractivity contribution >= 4 is 23.1 Å². The summed E-state index contributed by atoms with van der Waals surface area (Å²) < 4.78 is 0. The summed E-state index contributed by atoms with van der Waals surface area (Å²) in [5, 5.41) is 0.233. The second-order valence-corrected chi connectivity index (χ2v) is 2.93. The Morgan fingerprint density at radius 1 is 1.46 bits per heavy atom. The number of nitrogen functional groups attached to an aromatic ring is 1. The van der Waals surface area contributed by atoms with Gasteiger partial charge in [0.05, 0.1) is 11.9 Å². The molecule has 0 fully saturated rings. The number of nitrogens with two attached hydrogens (primary N) is 1. The molecular formula is C8H13ClN4. The minimum absolute atomic E-state index is 0.233. The van der Waals surface area contributed by atoms with Crippen LogP contribution in [0.1, 0.15) is 13.8 Å². The van der Waals surface area contributed by atoms with E-state index in [0.717, 1.165) is 13.1 Å². The molecule has 0 aliphatic rings. The van der Waals surface area contributed by atoms with Crippen LogP contribution in [0.3, 0.4) is 0 Å². The van der Waals surface area contributed by atoms with Crippen LogP contribution < -0.4 is 10.6 Å². The lowest BCUT2D eigenvalue weighted by atomic mass is 10.4. The first-order valence-electron chi connectivity index (χ1n) is 4.22. The summed E-state index contributed by atoms with van der Waals surface area (Å²) >= 11 is 5.67. The van der Waals surface area contributed by atoms with E-state index in [1.807, 2.05) is 18.7 Å². The Morgan fingerprint density at radius 3 is 2.62 bits per heavy atom. The average Bonchev–Trinajstić information content (AvgIpc) is 2.13. The van der Waals surface area contributed by atoms with Crippen LogP contribution in [-0.2, 0) is 0 Å². The van der Waals surface area contributed by atoms with Crippen molar-refractivity contribution < 1.29 is 0 Å². The lowest BCUT2D eigenvalue weighted by molar-refractivity contribution is 0.844. The highest BCUT2D eigenvalue weighted by Gasteiger charge is 2.08. The summed E-state index contributed by atoms with van der Waals surface area (Å²) in [5.74, 6) is 0.713. The van der Waals surface area contributed by atoms with Gasteiger partial charge in [-0.3, -0.25) is 0 Å². The third-order valence-corrected chi connectivity index (χ3v) is 2.01. The standard InChI is InChI=1S/C8H13ClN4/c1-3-13(4-2)7-6(10)5-11-8(9)12-7/h5H,3-4,10H2,1-2H3. The molecule has 13 heavy (non-hydrogen) atoms. The molecule has 0 unspecified atom stereocenters. The predicted molar refractivity (Wildman–Crippen MR) is 55.0 cm³/mol. The molecule has 0 aromatic carbocycles.